The number of anilines is 2. The highest BCUT2D eigenvalue weighted by molar-refractivity contribution is 7.20. The number of hydrogen-bond donors (Lipinski definition) is 2. The van der Waals surface area contributed by atoms with E-state index in [-0.39, 0.29) is 17.8 Å². The summed E-state index contributed by atoms with van der Waals surface area (Å²) >= 11 is 1.29. The van der Waals surface area contributed by atoms with Crippen LogP contribution in [-0.4, -0.2) is 27.1 Å². The average Bonchev–Trinajstić information content (AvgIpc) is 2.85. The second kappa shape index (κ2) is 6.45. The lowest BCUT2D eigenvalue weighted by atomic mass is 10.2. The van der Waals surface area contributed by atoms with Gasteiger partial charge in [-0.1, -0.05) is 6.07 Å². The number of phenolic OH excluding ortho intramolecular Hbond substituents is 1. The minimum atomic E-state index is -0.353. The maximum Gasteiger partial charge on any atom is 0.348 e. The molecule has 0 aliphatic carbocycles. The van der Waals surface area contributed by atoms with Crippen molar-refractivity contribution in [3.63, 3.8) is 0 Å². The molecule has 124 valence electrons. The summed E-state index contributed by atoms with van der Waals surface area (Å²) in [7, 11) is 0. The number of phenols is 1. The average molecular weight is 343 g/mol. The van der Waals surface area contributed by atoms with Crippen molar-refractivity contribution in [2.45, 2.75) is 26.9 Å². The molecular formula is C17H17N3O3S. The topological polar surface area (TPSA) is 84.3 Å². The Morgan fingerprint density at radius 2 is 2.12 bits per heavy atom. The molecule has 6 nitrogen and oxygen atoms in total. The largest absolute Gasteiger partial charge is 0.508 e. The molecule has 3 rings (SSSR count). The van der Waals surface area contributed by atoms with E-state index in [1.807, 2.05) is 26.8 Å². The normalized spacial score (nSPS) is 11.0. The SMILES string of the molecule is Cc1c(C(=O)OC(C)C)sc2ncnc(Nc3cccc(O)c3)c12. The maximum absolute atomic E-state index is 12.2. The molecule has 0 amide bonds. The number of aromatic hydroxyl groups is 1. The number of nitrogens with zero attached hydrogens (tertiary/aromatic N) is 2. The van der Waals surface area contributed by atoms with Crippen molar-refractivity contribution in [3.8, 4) is 5.75 Å². The van der Waals surface area contributed by atoms with E-state index in [1.54, 1.807) is 18.2 Å². The first-order valence-electron chi connectivity index (χ1n) is 7.47. The van der Waals surface area contributed by atoms with E-state index in [0.29, 0.717) is 21.2 Å². The van der Waals surface area contributed by atoms with Crippen LogP contribution in [0.5, 0.6) is 5.75 Å². The summed E-state index contributed by atoms with van der Waals surface area (Å²) in [6.45, 7) is 5.48. The molecule has 1 aromatic carbocycles. The molecular weight excluding hydrogens is 326 g/mol. The molecule has 0 saturated heterocycles. The summed E-state index contributed by atoms with van der Waals surface area (Å²) in [5, 5.41) is 13.5. The number of ether oxygens (including phenoxy) is 1. The van der Waals surface area contributed by atoms with Crippen LogP contribution in [0.2, 0.25) is 0 Å². The van der Waals surface area contributed by atoms with Crippen LogP contribution in [0.1, 0.15) is 29.1 Å². The zero-order valence-corrected chi connectivity index (χ0v) is 14.3. The van der Waals surface area contributed by atoms with Crippen LogP contribution in [0.15, 0.2) is 30.6 Å². The first kappa shape index (κ1) is 16.2. The molecule has 2 heterocycles. The molecule has 0 bridgehead atoms. The van der Waals surface area contributed by atoms with Crippen molar-refractivity contribution < 1.29 is 14.6 Å². The number of nitrogens with one attached hydrogen (secondary N) is 1. The lowest BCUT2D eigenvalue weighted by molar-refractivity contribution is 0.0383. The molecule has 0 radical (unpaired) electrons. The Labute approximate surface area is 143 Å². The van der Waals surface area contributed by atoms with E-state index in [2.05, 4.69) is 15.3 Å². The smallest absolute Gasteiger partial charge is 0.348 e. The first-order valence-corrected chi connectivity index (χ1v) is 8.28. The molecule has 3 aromatic rings. The third-order valence-electron chi connectivity index (χ3n) is 3.36. The number of carbonyl (C=O) groups excluding carboxylic acids is 1. The molecule has 0 aliphatic rings. The van der Waals surface area contributed by atoms with Crippen molar-refractivity contribution in [2.75, 3.05) is 5.32 Å². The van der Waals surface area contributed by atoms with E-state index in [0.717, 1.165) is 10.9 Å². The van der Waals surface area contributed by atoms with Crippen LogP contribution in [0, 0.1) is 6.92 Å². The Morgan fingerprint density at radius 3 is 2.83 bits per heavy atom. The van der Waals surface area contributed by atoms with Gasteiger partial charge in [0.2, 0.25) is 0 Å². The van der Waals surface area contributed by atoms with Crippen LogP contribution in [0.25, 0.3) is 10.2 Å². The van der Waals surface area contributed by atoms with E-state index in [4.69, 9.17) is 4.74 Å². The lowest BCUT2D eigenvalue weighted by Crippen LogP contribution is -2.11. The summed E-state index contributed by atoms with van der Waals surface area (Å²) in [4.78, 5) is 22.0. The van der Waals surface area contributed by atoms with Gasteiger partial charge in [-0.3, -0.25) is 0 Å². The number of carbonyl (C=O) groups is 1. The van der Waals surface area contributed by atoms with Gasteiger partial charge in [0.25, 0.3) is 0 Å². The molecule has 0 spiro atoms. The Kier molecular flexibility index (Phi) is 4.35. The highest BCUT2D eigenvalue weighted by Crippen LogP contribution is 2.35. The zero-order chi connectivity index (χ0) is 17.3. The van der Waals surface area contributed by atoms with Crippen molar-refractivity contribution in [1.29, 1.82) is 0 Å². The molecule has 0 aliphatic heterocycles. The molecule has 24 heavy (non-hydrogen) atoms. The zero-order valence-electron chi connectivity index (χ0n) is 13.5. The molecule has 2 aromatic heterocycles. The summed E-state index contributed by atoms with van der Waals surface area (Å²) in [5.74, 6) is 0.394. The molecule has 0 fully saturated rings. The number of aryl methyl sites for hydroxylation is 1. The Bertz CT molecular complexity index is 905. The minimum absolute atomic E-state index is 0.161. The number of hydrogen-bond acceptors (Lipinski definition) is 7. The fourth-order valence-electron chi connectivity index (χ4n) is 2.35. The third kappa shape index (κ3) is 3.16. The number of esters is 1. The van der Waals surface area contributed by atoms with Crippen molar-refractivity contribution >= 4 is 39.0 Å². The van der Waals surface area contributed by atoms with Gasteiger partial charge in [0, 0.05) is 11.8 Å². The van der Waals surface area contributed by atoms with Gasteiger partial charge in [0.1, 0.15) is 27.6 Å². The van der Waals surface area contributed by atoms with Gasteiger partial charge >= 0.3 is 5.97 Å². The van der Waals surface area contributed by atoms with Gasteiger partial charge in [-0.25, -0.2) is 14.8 Å². The summed E-state index contributed by atoms with van der Waals surface area (Å²) in [6.07, 6.45) is 1.26. The molecule has 0 atom stereocenters. The minimum Gasteiger partial charge on any atom is -0.508 e. The highest BCUT2D eigenvalue weighted by atomic mass is 32.1. The van der Waals surface area contributed by atoms with Gasteiger partial charge < -0.3 is 15.2 Å². The number of rotatable bonds is 4. The predicted octanol–water partition coefficient (Wildman–Crippen LogP) is 4.01. The van der Waals surface area contributed by atoms with Crippen molar-refractivity contribution in [2.24, 2.45) is 0 Å². The molecule has 0 saturated carbocycles. The number of aromatic nitrogens is 2. The Morgan fingerprint density at radius 1 is 1.33 bits per heavy atom. The van der Waals surface area contributed by atoms with E-state index < -0.39 is 0 Å². The second-order valence-electron chi connectivity index (χ2n) is 5.59. The van der Waals surface area contributed by atoms with Crippen LogP contribution in [0.4, 0.5) is 11.5 Å². The second-order valence-corrected chi connectivity index (χ2v) is 6.59. The van der Waals surface area contributed by atoms with Gasteiger partial charge in [-0.2, -0.15) is 0 Å². The molecule has 2 N–H and O–H groups in total. The quantitative estimate of drug-likeness (QED) is 0.696. The van der Waals surface area contributed by atoms with Gasteiger partial charge in [-0.15, -0.1) is 11.3 Å². The van der Waals surface area contributed by atoms with Gasteiger partial charge in [-0.05, 0) is 38.5 Å². The fraction of sp³-hybridized carbons (Fsp3) is 0.235. The summed E-state index contributed by atoms with van der Waals surface area (Å²) in [6, 6.07) is 6.76. The van der Waals surface area contributed by atoms with Crippen molar-refractivity contribution in [1.82, 2.24) is 9.97 Å². The number of thiophene rings is 1. The summed E-state index contributed by atoms with van der Waals surface area (Å²) in [5.41, 5.74) is 1.48. The monoisotopic (exact) mass is 343 g/mol. The molecule has 0 unspecified atom stereocenters. The summed E-state index contributed by atoms with van der Waals surface area (Å²) < 4.78 is 5.29. The highest BCUT2D eigenvalue weighted by Gasteiger charge is 2.21. The lowest BCUT2D eigenvalue weighted by Gasteiger charge is -2.08. The van der Waals surface area contributed by atoms with Crippen molar-refractivity contribution in [3.05, 3.63) is 41.0 Å². The fourth-order valence-corrected chi connectivity index (χ4v) is 3.38. The van der Waals surface area contributed by atoms with E-state index >= 15 is 0 Å². The maximum atomic E-state index is 12.2. The number of fused-ring (bicyclic) bond motifs is 1. The van der Waals surface area contributed by atoms with Crippen LogP contribution in [-0.2, 0) is 4.74 Å². The third-order valence-corrected chi connectivity index (χ3v) is 4.54. The first-order chi connectivity index (χ1) is 11.5. The Hall–Kier alpha value is -2.67. The van der Waals surface area contributed by atoms with Gasteiger partial charge in [0.15, 0.2) is 0 Å². The van der Waals surface area contributed by atoms with E-state index in [1.165, 1.54) is 17.7 Å². The predicted molar refractivity (Wildman–Crippen MR) is 94.1 cm³/mol. The standard InChI is InChI=1S/C17H17N3O3S/c1-9(2)23-17(22)14-10(3)13-15(18-8-19-16(13)24-14)20-11-5-4-6-12(21)7-11/h4-9,21H,1-3H3,(H,18,19,20). The van der Waals surface area contributed by atoms with Gasteiger partial charge in [0.05, 0.1) is 11.5 Å². The van der Waals surface area contributed by atoms with E-state index in [9.17, 15) is 9.90 Å². The number of benzene rings is 1. The van der Waals surface area contributed by atoms with Crippen LogP contribution >= 0.6 is 11.3 Å². The Balaban J connectivity index is 2.03. The van der Waals surface area contributed by atoms with Crippen LogP contribution < -0.4 is 5.32 Å². The molecule has 7 heteroatoms. The van der Waals surface area contributed by atoms with Crippen LogP contribution in [0.3, 0.4) is 0 Å².